The molecule has 0 saturated heterocycles. The first-order valence-electron chi connectivity index (χ1n) is 9.06. The van der Waals surface area contributed by atoms with Crippen LogP contribution in [0.5, 0.6) is 0 Å². The van der Waals surface area contributed by atoms with Crippen molar-refractivity contribution in [1.82, 2.24) is 9.71 Å². The summed E-state index contributed by atoms with van der Waals surface area (Å²) in [6, 6.07) is 13.6. The van der Waals surface area contributed by atoms with Crippen LogP contribution in [0.2, 0.25) is 0 Å². The second-order valence-corrected chi connectivity index (χ2v) is 8.57. The highest BCUT2D eigenvalue weighted by Gasteiger charge is 2.25. The topological polar surface area (TPSA) is 105 Å². The Balaban J connectivity index is 1.65. The number of ether oxygens (including phenoxy) is 1. The maximum Gasteiger partial charge on any atom is 0.321 e. The van der Waals surface area contributed by atoms with Gasteiger partial charge in [0, 0.05) is 22.2 Å². The van der Waals surface area contributed by atoms with E-state index in [-0.39, 0.29) is 10.7 Å². The molecule has 7 nitrogen and oxygen atoms in total. The molecule has 2 N–H and O–H groups in total. The van der Waals surface area contributed by atoms with Crippen molar-refractivity contribution in [2.45, 2.75) is 31.8 Å². The molecule has 0 fully saturated rings. The van der Waals surface area contributed by atoms with Gasteiger partial charge in [-0.1, -0.05) is 35.9 Å². The SMILES string of the molecule is Cc1ccc(S(=O)(=O)NCC(=O)OC(C)C(=O)c2c(C)[nH]c3ccccc23)cc1. The van der Waals surface area contributed by atoms with Gasteiger partial charge in [-0.2, -0.15) is 4.72 Å². The van der Waals surface area contributed by atoms with E-state index < -0.39 is 28.6 Å². The molecule has 152 valence electrons. The van der Waals surface area contributed by atoms with E-state index in [0.717, 1.165) is 16.5 Å². The number of hydrogen-bond donors (Lipinski definition) is 2. The first kappa shape index (κ1) is 20.8. The minimum atomic E-state index is -3.85. The first-order chi connectivity index (χ1) is 13.7. The van der Waals surface area contributed by atoms with Crippen molar-refractivity contribution in [3.05, 3.63) is 65.4 Å². The molecule has 0 aliphatic carbocycles. The molecule has 1 heterocycles. The predicted molar refractivity (Wildman–Crippen MR) is 109 cm³/mol. The minimum Gasteiger partial charge on any atom is -0.453 e. The second kappa shape index (κ2) is 8.18. The van der Waals surface area contributed by atoms with E-state index in [0.29, 0.717) is 11.3 Å². The molecule has 0 radical (unpaired) electrons. The van der Waals surface area contributed by atoms with Gasteiger partial charge in [-0.25, -0.2) is 8.42 Å². The van der Waals surface area contributed by atoms with Crippen LogP contribution in [0.25, 0.3) is 10.9 Å². The molecule has 0 bridgehead atoms. The van der Waals surface area contributed by atoms with Gasteiger partial charge in [-0.05, 0) is 39.0 Å². The molecule has 0 spiro atoms. The Kier molecular flexibility index (Phi) is 5.86. The molecule has 0 amide bonds. The van der Waals surface area contributed by atoms with E-state index in [2.05, 4.69) is 9.71 Å². The monoisotopic (exact) mass is 414 g/mol. The number of carbonyl (C=O) groups is 2. The smallest absolute Gasteiger partial charge is 0.321 e. The number of aromatic nitrogens is 1. The Hall–Kier alpha value is -2.97. The average molecular weight is 414 g/mol. The van der Waals surface area contributed by atoms with Crippen LogP contribution in [-0.2, 0) is 19.6 Å². The first-order valence-corrected chi connectivity index (χ1v) is 10.5. The number of benzene rings is 2. The summed E-state index contributed by atoms with van der Waals surface area (Å²) >= 11 is 0. The third-order valence-electron chi connectivity index (χ3n) is 4.56. The van der Waals surface area contributed by atoms with Crippen LogP contribution in [0, 0.1) is 13.8 Å². The van der Waals surface area contributed by atoms with E-state index in [4.69, 9.17) is 4.74 Å². The fourth-order valence-electron chi connectivity index (χ4n) is 3.04. The van der Waals surface area contributed by atoms with Crippen molar-refractivity contribution in [3.8, 4) is 0 Å². The molecule has 0 aliphatic rings. The molecule has 8 heteroatoms. The fourth-order valence-corrected chi connectivity index (χ4v) is 4.01. The summed E-state index contributed by atoms with van der Waals surface area (Å²) in [5.41, 5.74) is 2.88. The van der Waals surface area contributed by atoms with Gasteiger partial charge >= 0.3 is 5.97 Å². The van der Waals surface area contributed by atoms with Crippen molar-refractivity contribution in [2.24, 2.45) is 0 Å². The number of nitrogens with one attached hydrogen (secondary N) is 2. The lowest BCUT2D eigenvalue weighted by molar-refractivity contribution is -0.144. The summed E-state index contributed by atoms with van der Waals surface area (Å²) < 4.78 is 31.9. The summed E-state index contributed by atoms with van der Waals surface area (Å²) in [4.78, 5) is 28.1. The number of H-pyrrole nitrogens is 1. The van der Waals surface area contributed by atoms with Gasteiger partial charge in [-0.15, -0.1) is 0 Å². The zero-order chi connectivity index (χ0) is 21.2. The number of hydrogen-bond acceptors (Lipinski definition) is 5. The molecule has 1 aromatic heterocycles. The number of para-hydroxylation sites is 1. The number of fused-ring (bicyclic) bond motifs is 1. The van der Waals surface area contributed by atoms with E-state index >= 15 is 0 Å². The average Bonchev–Trinajstić information content (AvgIpc) is 3.02. The third-order valence-corrected chi connectivity index (χ3v) is 5.97. The van der Waals surface area contributed by atoms with Crippen LogP contribution < -0.4 is 4.72 Å². The molecule has 0 saturated carbocycles. The number of aromatic amines is 1. The van der Waals surface area contributed by atoms with E-state index in [1.807, 2.05) is 31.2 Å². The van der Waals surface area contributed by atoms with Crippen molar-refractivity contribution in [3.63, 3.8) is 0 Å². The lowest BCUT2D eigenvalue weighted by Crippen LogP contribution is -2.34. The maximum atomic E-state index is 12.8. The quantitative estimate of drug-likeness (QED) is 0.457. The van der Waals surface area contributed by atoms with Crippen molar-refractivity contribution >= 4 is 32.7 Å². The maximum absolute atomic E-state index is 12.8. The summed E-state index contributed by atoms with van der Waals surface area (Å²) in [6.45, 7) is 4.52. The van der Waals surface area contributed by atoms with Gasteiger partial charge < -0.3 is 9.72 Å². The van der Waals surface area contributed by atoms with Crippen molar-refractivity contribution in [1.29, 1.82) is 0 Å². The van der Waals surface area contributed by atoms with Gasteiger partial charge in [-0.3, -0.25) is 9.59 Å². The standard InChI is InChI=1S/C21H22N2O5S/c1-13-8-10-16(11-9-13)29(26,27)22-12-19(24)28-15(3)21(25)20-14(2)23-18-7-5-4-6-17(18)20/h4-11,15,22-23H,12H2,1-3H3. The van der Waals surface area contributed by atoms with Gasteiger partial charge in [0.2, 0.25) is 15.8 Å². The van der Waals surface area contributed by atoms with Crippen LogP contribution in [0.1, 0.15) is 28.5 Å². The van der Waals surface area contributed by atoms with E-state index in [1.165, 1.54) is 19.1 Å². The number of carbonyl (C=O) groups excluding carboxylic acids is 2. The summed E-state index contributed by atoms with van der Waals surface area (Å²) in [7, 11) is -3.85. The Morgan fingerprint density at radius 3 is 2.41 bits per heavy atom. The zero-order valence-electron chi connectivity index (χ0n) is 16.4. The Morgan fingerprint density at radius 1 is 1.07 bits per heavy atom. The fraction of sp³-hybridized carbons (Fsp3) is 0.238. The molecule has 3 rings (SSSR count). The number of Topliss-reactive ketones (excluding diaryl/α,β-unsaturated/α-hetero) is 1. The Morgan fingerprint density at radius 2 is 1.72 bits per heavy atom. The van der Waals surface area contributed by atoms with Crippen molar-refractivity contribution < 1.29 is 22.7 Å². The highest BCUT2D eigenvalue weighted by Crippen LogP contribution is 2.23. The highest BCUT2D eigenvalue weighted by atomic mass is 32.2. The predicted octanol–water partition coefficient (Wildman–Crippen LogP) is 2.88. The highest BCUT2D eigenvalue weighted by molar-refractivity contribution is 7.89. The van der Waals surface area contributed by atoms with Crippen LogP contribution in [0.4, 0.5) is 0 Å². The van der Waals surface area contributed by atoms with Crippen LogP contribution in [0.15, 0.2) is 53.4 Å². The van der Waals surface area contributed by atoms with Crippen LogP contribution in [0.3, 0.4) is 0 Å². The van der Waals surface area contributed by atoms with Crippen LogP contribution in [-0.4, -0.2) is 37.8 Å². The zero-order valence-corrected chi connectivity index (χ0v) is 17.2. The molecule has 29 heavy (non-hydrogen) atoms. The van der Waals surface area contributed by atoms with Crippen LogP contribution >= 0.6 is 0 Å². The number of esters is 1. The normalized spacial score (nSPS) is 12.7. The van der Waals surface area contributed by atoms with Gasteiger partial charge in [0.15, 0.2) is 6.10 Å². The van der Waals surface area contributed by atoms with Crippen molar-refractivity contribution in [2.75, 3.05) is 6.54 Å². The molecule has 2 aromatic carbocycles. The third kappa shape index (κ3) is 4.55. The molecule has 1 atom stereocenters. The summed E-state index contributed by atoms with van der Waals surface area (Å²) in [5.74, 6) is -1.19. The lowest BCUT2D eigenvalue weighted by Gasteiger charge is -2.13. The molecular weight excluding hydrogens is 392 g/mol. The van der Waals surface area contributed by atoms with Gasteiger partial charge in [0.25, 0.3) is 0 Å². The minimum absolute atomic E-state index is 0.0504. The Labute approximate surface area is 169 Å². The second-order valence-electron chi connectivity index (χ2n) is 6.80. The summed E-state index contributed by atoms with van der Waals surface area (Å²) in [6.07, 6.45) is -1.05. The number of aryl methyl sites for hydroxylation is 2. The molecule has 3 aromatic rings. The largest absolute Gasteiger partial charge is 0.453 e. The van der Waals surface area contributed by atoms with Gasteiger partial charge in [0.1, 0.15) is 6.54 Å². The number of rotatable bonds is 7. The molecule has 1 unspecified atom stereocenters. The lowest BCUT2D eigenvalue weighted by atomic mass is 10.0. The molecular formula is C21H22N2O5S. The van der Waals surface area contributed by atoms with E-state index in [9.17, 15) is 18.0 Å². The summed E-state index contributed by atoms with van der Waals surface area (Å²) in [5, 5.41) is 0.748. The number of sulfonamides is 1. The van der Waals surface area contributed by atoms with Gasteiger partial charge in [0.05, 0.1) is 4.90 Å². The Bertz CT molecular complexity index is 1160. The number of ketones is 1. The molecule has 0 aliphatic heterocycles. The van der Waals surface area contributed by atoms with E-state index in [1.54, 1.807) is 19.1 Å².